The monoisotopic (exact) mass is 878 g/mol. The van der Waals surface area contributed by atoms with Crippen molar-refractivity contribution in [1.82, 2.24) is 5.32 Å². The van der Waals surface area contributed by atoms with Gasteiger partial charge in [-0.05, 0) is 64.2 Å². The molecule has 3 atom stereocenters. The van der Waals surface area contributed by atoms with Crippen LogP contribution in [0.4, 0.5) is 0 Å². The average molecular weight is 878 g/mol. The number of carbonyl (C=O) groups excluding carboxylic acids is 2. The highest BCUT2D eigenvalue weighted by Crippen LogP contribution is 2.17. The number of nitrogens with one attached hydrogen (secondary N) is 1. The van der Waals surface area contributed by atoms with Crippen LogP contribution < -0.4 is 5.32 Å². The number of hydrogen-bond acceptors (Lipinski definition) is 5. The summed E-state index contributed by atoms with van der Waals surface area (Å²) in [7, 11) is 0. The van der Waals surface area contributed by atoms with Gasteiger partial charge in [0, 0.05) is 6.42 Å². The van der Waals surface area contributed by atoms with E-state index in [0.717, 1.165) is 77.0 Å². The number of carbonyl (C=O) groups is 2. The second kappa shape index (κ2) is 50.0. The molecule has 0 aliphatic heterocycles. The van der Waals surface area contributed by atoms with Crippen molar-refractivity contribution in [3.8, 4) is 0 Å². The number of allylic oxidation sites excluding steroid dienone is 14. The van der Waals surface area contributed by atoms with Gasteiger partial charge < -0.3 is 20.3 Å². The summed E-state index contributed by atoms with van der Waals surface area (Å²) in [4.78, 5) is 26.1. The highest BCUT2D eigenvalue weighted by molar-refractivity contribution is 5.77. The minimum Gasteiger partial charge on any atom is -0.462 e. The molecule has 0 rings (SSSR count). The maximum Gasteiger partial charge on any atom is 0.306 e. The summed E-state index contributed by atoms with van der Waals surface area (Å²) in [5, 5.41) is 23.8. The Labute approximate surface area is 389 Å². The number of amides is 1. The van der Waals surface area contributed by atoms with Gasteiger partial charge in [0.25, 0.3) is 0 Å². The summed E-state index contributed by atoms with van der Waals surface area (Å²) >= 11 is 0. The van der Waals surface area contributed by atoms with Gasteiger partial charge in [-0.2, -0.15) is 0 Å². The third-order valence-corrected chi connectivity index (χ3v) is 11.6. The molecule has 0 spiro atoms. The van der Waals surface area contributed by atoms with Crippen LogP contribution in [-0.4, -0.2) is 46.9 Å². The zero-order valence-corrected chi connectivity index (χ0v) is 41.2. The summed E-state index contributed by atoms with van der Waals surface area (Å²) in [6.45, 7) is 6.22. The van der Waals surface area contributed by atoms with Gasteiger partial charge in [-0.15, -0.1) is 0 Å². The maximum absolute atomic E-state index is 13.2. The van der Waals surface area contributed by atoms with Gasteiger partial charge >= 0.3 is 5.97 Å². The first-order chi connectivity index (χ1) is 31.0. The topological polar surface area (TPSA) is 95.9 Å². The van der Waals surface area contributed by atoms with Crippen LogP contribution in [0.2, 0.25) is 0 Å². The van der Waals surface area contributed by atoms with Gasteiger partial charge in [-0.3, -0.25) is 9.59 Å². The van der Waals surface area contributed by atoms with Gasteiger partial charge in [0.15, 0.2) is 0 Å². The van der Waals surface area contributed by atoms with Gasteiger partial charge in [-0.1, -0.05) is 247 Å². The first kappa shape index (κ1) is 60.0. The van der Waals surface area contributed by atoms with E-state index >= 15 is 0 Å². The molecule has 0 aliphatic rings. The Kier molecular flexibility index (Phi) is 47.7. The van der Waals surface area contributed by atoms with Crippen molar-refractivity contribution in [2.24, 2.45) is 0 Å². The fraction of sp³-hybridized carbons (Fsp3) is 0.719. The molecule has 0 bridgehead atoms. The predicted molar refractivity (Wildman–Crippen MR) is 273 cm³/mol. The molecule has 0 aromatic carbocycles. The second-order valence-electron chi connectivity index (χ2n) is 17.6. The fourth-order valence-corrected chi connectivity index (χ4v) is 7.67. The SMILES string of the molecule is CC/C=C/C=C/C=C\C=C/C=C/CCCC(CC(=O)NC(CO)C(O)CCCCCCCCCCCCCCCCCCC)OC(=O)CCCCCCCCC/C=C/C/C=C/CC. The van der Waals surface area contributed by atoms with E-state index in [1.54, 1.807) is 0 Å². The Bertz CT molecular complexity index is 1210. The molecule has 6 heteroatoms. The fourth-order valence-electron chi connectivity index (χ4n) is 7.67. The van der Waals surface area contributed by atoms with Crippen molar-refractivity contribution in [2.75, 3.05) is 6.61 Å². The van der Waals surface area contributed by atoms with Gasteiger partial charge in [0.05, 0.1) is 25.2 Å². The van der Waals surface area contributed by atoms with E-state index in [-0.39, 0.29) is 24.9 Å². The quantitative estimate of drug-likeness (QED) is 0.0245. The minimum atomic E-state index is -0.812. The zero-order valence-electron chi connectivity index (χ0n) is 41.2. The Balaban J connectivity index is 4.62. The van der Waals surface area contributed by atoms with Crippen molar-refractivity contribution in [2.45, 2.75) is 257 Å². The summed E-state index contributed by atoms with van der Waals surface area (Å²) in [5.74, 6) is -0.558. The number of rotatable bonds is 46. The van der Waals surface area contributed by atoms with E-state index in [0.29, 0.717) is 19.3 Å². The van der Waals surface area contributed by atoms with E-state index in [2.05, 4.69) is 62.5 Å². The standard InChI is InChI=1S/C57H99NO5/c1-4-7-10-13-16-19-22-25-27-28-29-31-34-37-40-43-46-49-55(60)54(52-59)58-56(61)51-53(48-45-42-39-36-33-30-24-21-18-15-12-9-6-3)63-57(62)50-47-44-41-38-35-32-26-23-20-17-14-11-8-5-2/h8-9,11-12,15,17-18,20-21,24,30,33,36,39,53-55,59-60H,4-7,10,13-14,16,19,22-23,25-29,31-32,34-35,37-38,40-52H2,1-3H3,(H,58,61)/b11-8+,12-9+,18-15+,20-17+,24-21-,33-30-,39-36+. The van der Waals surface area contributed by atoms with E-state index < -0.39 is 18.2 Å². The number of aliphatic hydroxyl groups excluding tert-OH is 2. The van der Waals surface area contributed by atoms with E-state index in [1.807, 2.05) is 48.6 Å². The molecule has 0 saturated heterocycles. The lowest BCUT2D eigenvalue weighted by atomic mass is 10.0. The molecule has 0 heterocycles. The van der Waals surface area contributed by atoms with Crippen LogP contribution in [0.25, 0.3) is 0 Å². The van der Waals surface area contributed by atoms with Gasteiger partial charge in [0.2, 0.25) is 5.91 Å². The van der Waals surface area contributed by atoms with E-state index in [1.165, 1.54) is 116 Å². The molecule has 3 unspecified atom stereocenters. The number of hydrogen-bond donors (Lipinski definition) is 3. The first-order valence-electron chi connectivity index (χ1n) is 26.4. The third kappa shape index (κ3) is 45.4. The predicted octanol–water partition coefficient (Wildman–Crippen LogP) is 16.0. The van der Waals surface area contributed by atoms with Crippen LogP contribution in [0, 0.1) is 0 Å². The van der Waals surface area contributed by atoms with Crippen LogP contribution >= 0.6 is 0 Å². The smallest absolute Gasteiger partial charge is 0.306 e. The number of esters is 1. The largest absolute Gasteiger partial charge is 0.462 e. The Hall–Kier alpha value is -2.96. The molecule has 1 amide bonds. The molecular formula is C57H99NO5. The molecule has 362 valence electrons. The third-order valence-electron chi connectivity index (χ3n) is 11.6. The molecule has 6 nitrogen and oxygen atoms in total. The molecule has 0 saturated carbocycles. The minimum absolute atomic E-state index is 0.0219. The van der Waals surface area contributed by atoms with Crippen LogP contribution in [0.15, 0.2) is 85.1 Å². The Morgan fingerprint density at radius 1 is 0.492 bits per heavy atom. The molecule has 0 radical (unpaired) electrons. The van der Waals surface area contributed by atoms with Crippen LogP contribution in [-0.2, 0) is 14.3 Å². The molecule has 0 fully saturated rings. The molecule has 3 N–H and O–H groups in total. The van der Waals surface area contributed by atoms with E-state index in [9.17, 15) is 19.8 Å². The average Bonchev–Trinajstić information content (AvgIpc) is 3.28. The molecule has 0 aromatic rings. The molecular weight excluding hydrogens is 779 g/mol. The molecule has 63 heavy (non-hydrogen) atoms. The van der Waals surface area contributed by atoms with Gasteiger partial charge in [-0.25, -0.2) is 0 Å². The van der Waals surface area contributed by atoms with Crippen molar-refractivity contribution >= 4 is 11.9 Å². The summed E-state index contributed by atoms with van der Waals surface area (Å²) in [6, 6.07) is -0.730. The summed E-state index contributed by atoms with van der Waals surface area (Å²) < 4.78 is 5.89. The Morgan fingerprint density at radius 2 is 0.952 bits per heavy atom. The lowest BCUT2D eigenvalue weighted by Crippen LogP contribution is -2.46. The summed E-state index contributed by atoms with van der Waals surface area (Å²) in [6.07, 6.45) is 65.1. The van der Waals surface area contributed by atoms with Crippen molar-refractivity contribution in [3.05, 3.63) is 85.1 Å². The van der Waals surface area contributed by atoms with Crippen LogP contribution in [0.5, 0.6) is 0 Å². The maximum atomic E-state index is 13.2. The van der Waals surface area contributed by atoms with Crippen molar-refractivity contribution < 1.29 is 24.5 Å². The lowest BCUT2D eigenvalue weighted by molar-refractivity contribution is -0.151. The summed E-state index contributed by atoms with van der Waals surface area (Å²) in [5.41, 5.74) is 0. The van der Waals surface area contributed by atoms with Crippen molar-refractivity contribution in [3.63, 3.8) is 0 Å². The molecule has 0 aromatic heterocycles. The Morgan fingerprint density at radius 3 is 1.49 bits per heavy atom. The van der Waals surface area contributed by atoms with Crippen LogP contribution in [0.3, 0.4) is 0 Å². The number of ether oxygens (including phenoxy) is 1. The van der Waals surface area contributed by atoms with Crippen molar-refractivity contribution in [1.29, 1.82) is 0 Å². The first-order valence-corrected chi connectivity index (χ1v) is 26.4. The van der Waals surface area contributed by atoms with Gasteiger partial charge in [0.1, 0.15) is 6.10 Å². The highest BCUT2D eigenvalue weighted by Gasteiger charge is 2.24. The normalized spacial score (nSPS) is 13.9. The number of unbranched alkanes of at least 4 members (excludes halogenated alkanes) is 24. The van der Waals surface area contributed by atoms with E-state index in [4.69, 9.17) is 4.74 Å². The highest BCUT2D eigenvalue weighted by atomic mass is 16.5. The molecule has 0 aliphatic carbocycles. The van der Waals surface area contributed by atoms with Crippen LogP contribution in [0.1, 0.15) is 239 Å². The lowest BCUT2D eigenvalue weighted by Gasteiger charge is -2.24. The zero-order chi connectivity index (χ0) is 45.9. The second-order valence-corrected chi connectivity index (χ2v) is 17.6. The number of aliphatic hydroxyl groups is 2.